The van der Waals surface area contributed by atoms with Crippen molar-refractivity contribution in [3.05, 3.63) is 63.7 Å². The molecule has 0 saturated carbocycles. The maximum Gasteiger partial charge on any atom is 0.258 e. The molecule has 1 N–H and O–H groups in total. The van der Waals surface area contributed by atoms with Gasteiger partial charge in [-0.1, -0.05) is 42.4 Å². The van der Waals surface area contributed by atoms with Crippen LogP contribution in [0.2, 0.25) is 5.02 Å². The maximum absolute atomic E-state index is 12.2. The van der Waals surface area contributed by atoms with Crippen LogP contribution in [-0.2, 0) is 12.3 Å². The highest BCUT2D eigenvalue weighted by Gasteiger charge is 2.12. The molecule has 2 aromatic heterocycles. The molecule has 0 radical (unpaired) electrons. The lowest BCUT2D eigenvalue weighted by Crippen LogP contribution is -2.11. The van der Waals surface area contributed by atoms with Gasteiger partial charge in [0.05, 0.1) is 27.7 Å². The number of nitrogens with zero attached hydrogens (tertiary/aromatic N) is 3. The first kappa shape index (κ1) is 17.1. The Morgan fingerprint density at radius 1 is 1.15 bits per heavy atom. The number of hydrogen-bond donors (Lipinski definition) is 1. The number of para-hydroxylation sites is 1. The van der Waals surface area contributed by atoms with Gasteiger partial charge in [-0.2, -0.15) is 0 Å². The number of H-pyrrole nitrogens is 1. The molecular weight excluding hydrogens is 368 g/mol. The number of aromatic nitrogens is 4. The van der Waals surface area contributed by atoms with Crippen molar-refractivity contribution < 1.29 is 0 Å². The summed E-state index contributed by atoms with van der Waals surface area (Å²) in [6.45, 7) is 3.01. The summed E-state index contributed by atoms with van der Waals surface area (Å²) in [4.78, 5) is 24.4. The molecule has 132 valence electrons. The Bertz CT molecular complexity index is 1150. The van der Waals surface area contributed by atoms with Crippen LogP contribution in [0.3, 0.4) is 0 Å². The van der Waals surface area contributed by atoms with Gasteiger partial charge in [-0.15, -0.1) is 0 Å². The molecular formula is C19H17ClN4OS. The third-order valence-electron chi connectivity index (χ3n) is 4.12. The van der Waals surface area contributed by atoms with Crippen LogP contribution >= 0.6 is 23.4 Å². The fourth-order valence-corrected chi connectivity index (χ4v) is 4.04. The van der Waals surface area contributed by atoms with Gasteiger partial charge in [0, 0.05) is 11.6 Å². The number of hydrogen-bond acceptors (Lipinski definition) is 4. The van der Waals surface area contributed by atoms with Gasteiger partial charge >= 0.3 is 0 Å². The number of thioether (sulfide) groups is 1. The Kier molecular flexibility index (Phi) is 4.70. The highest BCUT2D eigenvalue weighted by Crippen LogP contribution is 2.28. The molecule has 0 aliphatic heterocycles. The van der Waals surface area contributed by atoms with Crippen molar-refractivity contribution in [1.82, 2.24) is 19.5 Å². The molecule has 0 amide bonds. The predicted molar refractivity (Wildman–Crippen MR) is 107 cm³/mol. The van der Waals surface area contributed by atoms with Gasteiger partial charge in [-0.3, -0.25) is 4.79 Å². The molecule has 0 bridgehead atoms. The number of nitrogens with one attached hydrogen (secondary N) is 1. The number of benzene rings is 2. The second-order valence-electron chi connectivity index (χ2n) is 6.00. The van der Waals surface area contributed by atoms with E-state index in [4.69, 9.17) is 16.6 Å². The second kappa shape index (κ2) is 7.13. The zero-order valence-electron chi connectivity index (χ0n) is 14.2. The lowest BCUT2D eigenvalue weighted by atomic mass is 10.2. The number of fused-ring (bicyclic) bond motifs is 2. The zero-order valence-corrected chi connectivity index (χ0v) is 15.8. The van der Waals surface area contributed by atoms with E-state index in [0.717, 1.165) is 29.2 Å². The summed E-state index contributed by atoms with van der Waals surface area (Å²) in [5.41, 5.74) is 2.55. The van der Waals surface area contributed by atoms with Crippen molar-refractivity contribution in [3.8, 4) is 0 Å². The van der Waals surface area contributed by atoms with Crippen molar-refractivity contribution in [2.45, 2.75) is 30.8 Å². The van der Waals surface area contributed by atoms with Crippen LogP contribution in [-0.4, -0.2) is 19.5 Å². The van der Waals surface area contributed by atoms with E-state index in [0.29, 0.717) is 27.5 Å². The molecule has 0 unspecified atom stereocenters. The van der Waals surface area contributed by atoms with Crippen LogP contribution in [0.5, 0.6) is 0 Å². The van der Waals surface area contributed by atoms with E-state index in [9.17, 15) is 4.79 Å². The molecule has 0 aliphatic rings. The van der Waals surface area contributed by atoms with Crippen LogP contribution in [0.4, 0.5) is 0 Å². The van der Waals surface area contributed by atoms with Crippen molar-refractivity contribution in [3.63, 3.8) is 0 Å². The Labute approximate surface area is 159 Å². The molecule has 2 aromatic carbocycles. The molecule has 7 heteroatoms. The van der Waals surface area contributed by atoms with Crippen molar-refractivity contribution in [2.75, 3.05) is 0 Å². The van der Waals surface area contributed by atoms with E-state index in [2.05, 4.69) is 21.5 Å². The second-order valence-corrected chi connectivity index (χ2v) is 7.38. The van der Waals surface area contributed by atoms with Gasteiger partial charge in [0.25, 0.3) is 5.56 Å². The van der Waals surface area contributed by atoms with Crippen LogP contribution < -0.4 is 5.56 Å². The quantitative estimate of drug-likeness (QED) is 0.509. The van der Waals surface area contributed by atoms with Gasteiger partial charge in [0.1, 0.15) is 5.82 Å². The molecule has 5 nitrogen and oxygen atoms in total. The van der Waals surface area contributed by atoms with Gasteiger partial charge in [0.2, 0.25) is 0 Å². The molecule has 4 aromatic rings. The summed E-state index contributed by atoms with van der Waals surface area (Å²) in [6, 6.07) is 13.1. The zero-order chi connectivity index (χ0) is 18.1. The van der Waals surface area contributed by atoms with Crippen molar-refractivity contribution in [2.24, 2.45) is 0 Å². The highest BCUT2D eigenvalue weighted by atomic mass is 35.5. The van der Waals surface area contributed by atoms with Crippen LogP contribution in [0.25, 0.3) is 21.9 Å². The molecule has 4 rings (SSSR count). The van der Waals surface area contributed by atoms with Crippen molar-refractivity contribution >= 4 is 45.3 Å². The van der Waals surface area contributed by atoms with Gasteiger partial charge in [-0.05, 0) is 36.8 Å². The Morgan fingerprint density at radius 3 is 2.85 bits per heavy atom. The molecule has 0 atom stereocenters. The number of rotatable bonds is 5. The van der Waals surface area contributed by atoms with E-state index >= 15 is 0 Å². The van der Waals surface area contributed by atoms with Crippen molar-refractivity contribution in [1.29, 1.82) is 0 Å². The summed E-state index contributed by atoms with van der Waals surface area (Å²) >= 11 is 7.66. The third-order valence-corrected chi connectivity index (χ3v) is 5.35. The van der Waals surface area contributed by atoms with Gasteiger partial charge in [-0.25, -0.2) is 9.97 Å². The third kappa shape index (κ3) is 3.22. The Balaban J connectivity index is 1.67. The number of halogens is 1. The van der Waals surface area contributed by atoms with Gasteiger partial charge in [0.15, 0.2) is 5.16 Å². The van der Waals surface area contributed by atoms with Crippen LogP contribution in [0, 0.1) is 0 Å². The molecule has 0 spiro atoms. The monoisotopic (exact) mass is 384 g/mol. The molecule has 0 fully saturated rings. The maximum atomic E-state index is 12.2. The average Bonchev–Trinajstić information content (AvgIpc) is 2.97. The van der Waals surface area contributed by atoms with E-state index in [-0.39, 0.29) is 5.56 Å². The summed E-state index contributed by atoms with van der Waals surface area (Å²) in [5.74, 6) is 1.19. The number of imidazole rings is 1. The molecule has 2 heterocycles. The normalized spacial score (nSPS) is 11.5. The minimum absolute atomic E-state index is 0.111. The first-order chi connectivity index (χ1) is 12.7. The summed E-state index contributed by atoms with van der Waals surface area (Å²) in [7, 11) is 0. The van der Waals surface area contributed by atoms with E-state index in [1.165, 1.54) is 0 Å². The summed E-state index contributed by atoms with van der Waals surface area (Å²) in [5, 5.41) is 2.18. The Morgan fingerprint density at radius 2 is 2.00 bits per heavy atom. The van der Waals surface area contributed by atoms with E-state index in [1.54, 1.807) is 17.8 Å². The first-order valence-electron chi connectivity index (χ1n) is 8.42. The molecule has 0 aliphatic carbocycles. The lowest BCUT2D eigenvalue weighted by molar-refractivity contribution is 0.638. The van der Waals surface area contributed by atoms with Crippen LogP contribution in [0.1, 0.15) is 19.2 Å². The summed E-state index contributed by atoms with van der Waals surface area (Å²) < 4.78 is 2.19. The SMILES string of the molecule is CCCn1c(SCc2nc3ccccc3c(=O)[nH]2)nc2cc(Cl)ccc21. The minimum Gasteiger partial charge on any atom is -0.319 e. The predicted octanol–water partition coefficient (Wildman–Crippen LogP) is 4.63. The van der Waals surface area contributed by atoms with Gasteiger partial charge < -0.3 is 9.55 Å². The van der Waals surface area contributed by atoms with E-state index in [1.807, 2.05) is 36.4 Å². The standard InChI is InChI=1S/C19H17ClN4OS/c1-2-9-24-16-8-7-12(20)10-15(16)22-19(24)26-11-17-21-14-6-4-3-5-13(14)18(25)23-17/h3-8,10H,2,9,11H2,1H3,(H,21,23,25). The average molecular weight is 385 g/mol. The smallest absolute Gasteiger partial charge is 0.258 e. The largest absolute Gasteiger partial charge is 0.319 e. The highest BCUT2D eigenvalue weighted by molar-refractivity contribution is 7.98. The van der Waals surface area contributed by atoms with Crippen LogP contribution in [0.15, 0.2) is 52.4 Å². The summed E-state index contributed by atoms with van der Waals surface area (Å²) in [6.07, 6.45) is 1.01. The Hall–Kier alpha value is -2.31. The fraction of sp³-hybridized carbons (Fsp3) is 0.211. The topological polar surface area (TPSA) is 63.6 Å². The minimum atomic E-state index is -0.111. The lowest BCUT2D eigenvalue weighted by Gasteiger charge is -2.07. The number of aryl methyl sites for hydroxylation is 1. The van der Waals surface area contributed by atoms with E-state index < -0.39 is 0 Å². The molecule has 0 saturated heterocycles. The molecule has 26 heavy (non-hydrogen) atoms. The first-order valence-corrected chi connectivity index (χ1v) is 9.78. The number of aromatic amines is 1. The fourth-order valence-electron chi connectivity index (χ4n) is 2.97.